The van der Waals surface area contributed by atoms with Crippen molar-refractivity contribution in [3.8, 4) is 0 Å². The highest BCUT2D eigenvalue weighted by atomic mass is 16.5. The van der Waals surface area contributed by atoms with E-state index in [1.165, 1.54) is 0 Å². The lowest BCUT2D eigenvalue weighted by molar-refractivity contribution is -0.126. The van der Waals surface area contributed by atoms with Gasteiger partial charge in [0, 0.05) is 49.1 Å². The number of carbonyl (C=O) groups excluding carboxylic acids is 1. The predicted molar refractivity (Wildman–Crippen MR) is 93.8 cm³/mol. The van der Waals surface area contributed by atoms with Gasteiger partial charge in [-0.15, -0.1) is 0 Å². The quantitative estimate of drug-likeness (QED) is 0.894. The van der Waals surface area contributed by atoms with Crippen molar-refractivity contribution in [2.75, 3.05) is 36.7 Å². The van der Waals surface area contributed by atoms with Crippen molar-refractivity contribution in [3.05, 3.63) is 46.9 Å². The zero-order chi connectivity index (χ0) is 17.1. The molecule has 3 aliphatic heterocycles. The third-order valence-corrected chi connectivity index (χ3v) is 5.64. The maximum absolute atomic E-state index is 12.6. The number of allylic oxidation sites excluding steroid dienone is 2. The minimum Gasteiger partial charge on any atom is -0.471 e. The summed E-state index contributed by atoms with van der Waals surface area (Å²) in [4.78, 5) is 18.5. The molecule has 1 fully saturated rings. The molecular formula is C19H21N3O3. The van der Waals surface area contributed by atoms with Crippen LogP contribution < -0.4 is 9.80 Å². The summed E-state index contributed by atoms with van der Waals surface area (Å²) in [6.45, 7) is 2.20. The van der Waals surface area contributed by atoms with Gasteiger partial charge in [0.1, 0.15) is 5.76 Å². The number of ether oxygens (including phenoxy) is 1. The molecule has 0 bridgehead atoms. The molecule has 25 heavy (non-hydrogen) atoms. The topological polar surface area (TPSA) is 56.2 Å². The van der Waals surface area contributed by atoms with Crippen molar-refractivity contribution in [1.29, 1.82) is 0 Å². The highest BCUT2D eigenvalue weighted by Gasteiger charge is 2.35. The number of fused-ring (bicyclic) bond motifs is 1. The van der Waals surface area contributed by atoms with Gasteiger partial charge in [-0.2, -0.15) is 0 Å². The van der Waals surface area contributed by atoms with Crippen LogP contribution in [0.3, 0.4) is 0 Å². The maximum atomic E-state index is 12.6. The van der Waals surface area contributed by atoms with Crippen molar-refractivity contribution in [2.45, 2.75) is 25.5 Å². The van der Waals surface area contributed by atoms with Crippen LogP contribution in [0.2, 0.25) is 0 Å². The summed E-state index contributed by atoms with van der Waals surface area (Å²) >= 11 is 0. The van der Waals surface area contributed by atoms with Crippen molar-refractivity contribution in [3.63, 3.8) is 0 Å². The van der Waals surface area contributed by atoms with E-state index in [0.29, 0.717) is 13.2 Å². The molecule has 130 valence electrons. The van der Waals surface area contributed by atoms with E-state index in [1.807, 2.05) is 35.1 Å². The lowest BCUT2D eigenvalue weighted by Gasteiger charge is -2.39. The van der Waals surface area contributed by atoms with E-state index in [2.05, 4.69) is 11.0 Å². The number of nitrogens with zero attached hydrogens (tertiary/aromatic N) is 3. The monoisotopic (exact) mass is 339 g/mol. The summed E-state index contributed by atoms with van der Waals surface area (Å²) < 4.78 is 5.82. The Hall–Kier alpha value is -2.47. The fourth-order valence-electron chi connectivity index (χ4n) is 4.11. The van der Waals surface area contributed by atoms with Gasteiger partial charge >= 0.3 is 0 Å². The molecule has 1 atom stereocenters. The van der Waals surface area contributed by atoms with Gasteiger partial charge in [-0.1, -0.05) is 6.07 Å². The van der Waals surface area contributed by atoms with Crippen molar-refractivity contribution >= 4 is 17.3 Å². The second-order valence-corrected chi connectivity index (χ2v) is 7.09. The van der Waals surface area contributed by atoms with Crippen molar-refractivity contribution in [1.82, 2.24) is 4.90 Å². The number of hydrogen-bond donors (Lipinski definition) is 1. The first-order chi connectivity index (χ1) is 12.1. The number of aliphatic hydroxyl groups is 1. The van der Waals surface area contributed by atoms with E-state index in [4.69, 9.17) is 4.74 Å². The molecule has 1 aliphatic carbocycles. The molecule has 1 aromatic rings. The summed E-state index contributed by atoms with van der Waals surface area (Å²) in [5.41, 5.74) is 4.91. The molecule has 1 N–H and O–H groups in total. The Bertz CT molecular complexity index is 823. The normalized spacial score (nSPS) is 24.2. The van der Waals surface area contributed by atoms with Gasteiger partial charge in [0.2, 0.25) is 5.91 Å². The van der Waals surface area contributed by atoms with Crippen LogP contribution in [-0.2, 0) is 9.53 Å². The Morgan fingerprint density at radius 1 is 1.28 bits per heavy atom. The average molecular weight is 339 g/mol. The van der Waals surface area contributed by atoms with E-state index in [1.54, 1.807) is 0 Å². The van der Waals surface area contributed by atoms with E-state index in [-0.39, 0.29) is 5.91 Å². The van der Waals surface area contributed by atoms with Crippen LogP contribution >= 0.6 is 0 Å². The SMILES string of the molecule is CN1c2cc(N3COC4=C3CC(C(=O)N3CCCC3)=C4)ccc2C1O. The van der Waals surface area contributed by atoms with E-state index >= 15 is 0 Å². The lowest BCUT2D eigenvalue weighted by Crippen LogP contribution is -2.34. The van der Waals surface area contributed by atoms with Gasteiger partial charge in [-0.25, -0.2) is 0 Å². The molecule has 1 saturated heterocycles. The van der Waals surface area contributed by atoms with E-state index in [0.717, 1.165) is 59.9 Å². The zero-order valence-electron chi connectivity index (χ0n) is 14.2. The molecule has 6 heteroatoms. The minimum absolute atomic E-state index is 0.149. The maximum Gasteiger partial charge on any atom is 0.250 e. The summed E-state index contributed by atoms with van der Waals surface area (Å²) in [6.07, 6.45) is 4.23. The van der Waals surface area contributed by atoms with Crippen molar-refractivity contribution in [2.24, 2.45) is 0 Å². The highest BCUT2D eigenvalue weighted by molar-refractivity contribution is 5.96. The Kier molecular flexibility index (Phi) is 3.12. The highest BCUT2D eigenvalue weighted by Crippen LogP contribution is 2.44. The first-order valence-corrected chi connectivity index (χ1v) is 8.81. The molecular weight excluding hydrogens is 318 g/mol. The van der Waals surface area contributed by atoms with Gasteiger partial charge < -0.3 is 24.5 Å². The largest absolute Gasteiger partial charge is 0.471 e. The van der Waals surface area contributed by atoms with Gasteiger partial charge in [0.15, 0.2) is 13.0 Å². The van der Waals surface area contributed by atoms with Crippen LogP contribution in [0.15, 0.2) is 41.3 Å². The molecule has 0 spiro atoms. The van der Waals surface area contributed by atoms with Gasteiger partial charge in [-0.05, 0) is 31.1 Å². The van der Waals surface area contributed by atoms with Crippen LogP contribution in [0.4, 0.5) is 11.4 Å². The second kappa shape index (κ2) is 5.26. The Labute approximate surface area is 146 Å². The number of carbonyl (C=O) groups is 1. The van der Waals surface area contributed by atoms with E-state index < -0.39 is 6.23 Å². The molecule has 0 saturated carbocycles. The number of aliphatic hydroxyl groups excluding tert-OH is 1. The number of rotatable bonds is 2. The lowest BCUT2D eigenvalue weighted by atomic mass is 10.0. The van der Waals surface area contributed by atoms with Gasteiger partial charge in [0.25, 0.3) is 0 Å². The van der Waals surface area contributed by atoms with Crippen LogP contribution in [-0.4, -0.2) is 42.8 Å². The van der Waals surface area contributed by atoms with Crippen LogP contribution in [0, 0.1) is 0 Å². The molecule has 5 rings (SSSR count). The van der Waals surface area contributed by atoms with Crippen LogP contribution in [0.25, 0.3) is 0 Å². The molecule has 4 aliphatic rings. The molecule has 1 amide bonds. The fraction of sp³-hybridized carbons (Fsp3) is 0.421. The Balaban J connectivity index is 1.36. The summed E-state index contributed by atoms with van der Waals surface area (Å²) in [5.74, 6) is 0.967. The van der Waals surface area contributed by atoms with Gasteiger partial charge in [-0.3, -0.25) is 4.79 Å². The number of amides is 1. The first kappa shape index (κ1) is 14.8. The van der Waals surface area contributed by atoms with E-state index in [9.17, 15) is 9.90 Å². The van der Waals surface area contributed by atoms with Crippen molar-refractivity contribution < 1.29 is 14.6 Å². The molecule has 0 aromatic heterocycles. The first-order valence-electron chi connectivity index (χ1n) is 8.81. The molecule has 6 nitrogen and oxygen atoms in total. The summed E-state index contributed by atoms with van der Waals surface area (Å²) in [5, 5.41) is 9.90. The Morgan fingerprint density at radius 3 is 2.88 bits per heavy atom. The number of benzene rings is 1. The third kappa shape index (κ3) is 2.10. The summed E-state index contributed by atoms with van der Waals surface area (Å²) in [7, 11) is 1.88. The number of likely N-dealkylation sites (tertiary alicyclic amines) is 1. The zero-order valence-corrected chi connectivity index (χ0v) is 14.2. The smallest absolute Gasteiger partial charge is 0.250 e. The fourth-order valence-corrected chi connectivity index (χ4v) is 4.11. The third-order valence-electron chi connectivity index (χ3n) is 5.64. The Morgan fingerprint density at radius 2 is 2.08 bits per heavy atom. The molecule has 0 radical (unpaired) electrons. The predicted octanol–water partition coefficient (Wildman–Crippen LogP) is 2.09. The second-order valence-electron chi connectivity index (χ2n) is 7.09. The average Bonchev–Trinajstić information content (AvgIpc) is 3.36. The number of anilines is 2. The number of hydrogen-bond acceptors (Lipinski definition) is 5. The molecule has 1 unspecified atom stereocenters. The van der Waals surface area contributed by atoms with Crippen LogP contribution in [0.5, 0.6) is 0 Å². The molecule has 3 heterocycles. The van der Waals surface area contributed by atoms with Crippen LogP contribution in [0.1, 0.15) is 31.1 Å². The standard InChI is InChI=1S/C19H21N3O3/c1-20-15-10-13(4-5-14(15)19(20)24)22-11-25-17-9-12(8-16(17)22)18(23)21-6-2-3-7-21/h4-5,9-10,19,24H,2-3,6-8,11H2,1H3. The van der Waals surface area contributed by atoms with Gasteiger partial charge in [0.05, 0.1) is 5.70 Å². The summed E-state index contributed by atoms with van der Waals surface area (Å²) in [6, 6.07) is 6.04. The molecule has 1 aromatic carbocycles. The minimum atomic E-state index is -0.508.